The fourth-order valence-corrected chi connectivity index (χ4v) is 2.40. The van der Waals surface area contributed by atoms with E-state index in [0.29, 0.717) is 25.5 Å². The van der Waals surface area contributed by atoms with Gasteiger partial charge in [-0.15, -0.1) is 0 Å². The summed E-state index contributed by atoms with van der Waals surface area (Å²) in [5.74, 6) is 1.55. The van der Waals surface area contributed by atoms with E-state index in [1.165, 1.54) is 0 Å². The van der Waals surface area contributed by atoms with Gasteiger partial charge in [-0.25, -0.2) is 0 Å². The lowest BCUT2D eigenvalue weighted by molar-refractivity contribution is 0.212. The number of hydrogen-bond acceptors (Lipinski definition) is 3. The summed E-state index contributed by atoms with van der Waals surface area (Å²) in [6, 6.07) is 0. The topological polar surface area (TPSA) is 27.7 Å². The third-order valence-electron chi connectivity index (χ3n) is 2.16. The lowest BCUT2D eigenvalue weighted by atomic mass is 10.0. The highest BCUT2D eigenvalue weighted by Gasteiger charge is 2.11. The zero-order valence-corrected chi connectivity index (χ0v) is 11.2. The molecule has 3 nitrogen and oxygen atoms in total. The Hall–Kier alpha value is -0.370. The number of rotatable bonds is 7. The van der Waals surface area contributed by atoms with Gasteiger partial charge in [-0.3, -0.25) is 0 Å². The van der Waals surface area contributed by atoms with E-state index in [2.05, 4.69) is 19.1 Å². The van der Waals surface area contributed by atoms with Crippen LogP contribution in [0.1, 0.15) is 27.2 Å². The summed E-state index contributed by atoms with van der Waals surface area (Å²) >= 11 is 0. The molecule has 0 fully saturated rings. The van der Waals surface area contributed by atoms with Gasteiger partial charge < -0.3 is 13.8 Å². The van der Waals surface area contributed by atoms with Crippen LogP contribution < -0.4 is 0 Å². The Kier molecular flexibility index (Phi) is 6.70. The second-order valence-electron chi connectivity index (χ2n) is 3.62. The van der Waals surface area contributed by atoms with Crippen molar-refractivity contribution >= 4 is 8.38 Å². The first-order valence-electron chi connectivity index (χ1n) is 5.80. The molecule has 1 aliphatic carbocycles. The average Bonchev–Trinajstić information content (AvgIpc) is 2.29. The van der Waals surface area contributed by atoms with Crippen molar-refractivity contribution in [1.82, 2.24) is 0 Å². The molecule has 0 bridgehead atoms. The van der Waals surface area contributed by atoms with Crippen molar-refractivity contribution in [2.75, 3.05) is 19.6 Å². The first kappa shape index (κ1) is 13.7. The van der Waals surface area contributed by atoms with Gasteiger partial charge in [-0.05, 0) is 38.3 Å². The second-order valence-corrected chi connectivity index (χ2v) is 5.06. The molecule has 0 aromatic carbocycles. The Balaban J connectivity index is 2.29. The van der Waals surface area contributed by atoms with E-state index < -0.39 is 8.38 Å². The van der Waals surface area contributed by atoms with Gasteiger partial charge in [0, 0.05) is 0 Å². The summed E-state index contributed by atoms with van der Waals surface area (Å²) in [5, 5.41) is 0. The van der Waals surface area contributed by atoms with Gasteiger partial charge in [0.15, 0.2) is 6.35 Å². The fourth-order valence-electron chi connectivity index (χ4n) is 1.34. The normalized spacial score (nSPS) is 20.0. The second kappa shape index (κ2) is 7.83. The first-order chi connectivity index (χ1) is 7.76. The minimum Gasteiger partial charge on any atom is -0.485 e. The van der Waals surface area contributed by atoms with Gasteiger partial charge in [0.05, 0.1) is 13.2 Å². The molecule has 0 saturated heterocycles. The molecule has 0 amide bonds. The Morgan fingerprint density at radius 3 is 2.50 bits per heavy atom. The zero-order chi connectivity index (χ0) is 11.8. The Morgan fingerprint density at radius 2 is 2.00 bits per heavy atom. The minimum absolute atomic E-state index is 0.515. The van der Waals surface area contributed by atoms with Gasteiger partial charge in [0.1, 0.15) is 5.76 Å². The summed E-state index contributed by atoms with van der Waals surface area (Å²) in [4.78, 5) is 0. The number of allylic oxidation sites excluding steroid dienone is 3. The fraction of sp³-hybridized carbons (Fsp3) is 0.667. The molecule has 4 heteroatoms. The molecule has 0 saturated carbocycles. The van der Waals surface area contributed by atoms with Crippen LogP contribution in [0.25, 0.3) is 0 Å². The van der Waals surface area contributed by atoms with Crippen LogP contribution in [-0.2, 0) is 13.8 Å². The Labute approximate surface area is 99.4 Å². The molecule has 0 spiro atoms. The Bertz CT molecular complexity index is 245. The smallest absolute Gasteiger partial charge is 0.211 e. The van der Waals surface area contributed by atoms with E-state index in [4.69, 9.17) is 13.8 Å². The molecule has 92 valence electrons. The molecule has 0 aromatic heterocycles. The maximum atomic E-state index is 5.65. The van der Waals surface area contributed by atoms with Crippen molar-refractivity contribution in [1.29, 1.82) is 0 Å². The maximum absolute atomic E-state index is 5.65. The van der Waals surface area contributed by atoms with Crippen molar-refractivity contribution in [2.45, 2.75) is 27.2 Å². The van der Waals surface area contributed by atoms with E-state index in [9.17, 15) is 0 Å². The largest absolute Gasteiger partial charge is 0.485 e. The molecular formula is C12H21O3P. The first-order valence-corrected chi connectivity index (χ1v) is 7.17. The monoisotopic (exact) mass is 244 g/mol. The molecule has 1 rings (SSSR count). The predicted molar refractivity (Wildman–Crippen MR) is 67.1 cm³/mol. The molecule has 0 heterocycles. The maximum Gasteiger partial charge on any atom is 0.211 e. The quantitative estimate of drug-likeness (QED) is 0.637. The number of hydrogen-bond donors (Lipinski definition) is 0. The molecule has 1 unspecified atom stereocenters. The van der Waals surface area contributed by atoms with Crippen LogP contribution in [0, 0.1) is 5.92 Å². The zero-order valence-electron chi connectivity index (χ0n) is 10.3. The van der Waals surface area contributed by atoms with E-state index in [1.54, 1.807) is 0 Å². The highest BCUT2D eigenvalue weighted by Crippen LogP contribution is 2.38. The van der Waals surface area contributed by atoms with Crippen molar-refractivity contribution in [3.63, 3.8) is 0 Å². The summed E-state index contributed by atoms with van der Waals surface area (Å²) < 4.78 is 16.6. The molecule has 0 radical (unpaired) electrons. The van der Waals surface area contributed by atoms with Crippen molar-refractivity contribution in [3.05, 3.63) is 24.0 Å². The van der Waals surface area contributed by atoms with Crippen LogP contribution in [-0.4, -0.2) is 19.6 Å². The van der Waals surface area contributed by atoms with Gasteiger partial charge in [-0.1, -0.05) is 13.0 Å². The summed E-state index contributed by atoms with van der Waals surface area (Å²) in [6.45, 7) is 7.46. The van der Waals surface area contributed by atoms with Crippen LogP contribution in [0.15, 0.2) is 24.0 Å². The molecule has 0 aromatic rings. The van der Waals surface area contributed by atoms with Crippen LogP contribution in [0.3, 0.4) is 0 Å². The third kappa shape index (κ3) is 5.11. The van der Waals surface area contributed by atoms with Crippen LogP contribution >= 0.6 is 8.38 Å². The van der Waals surface area contributed by atoms with Crippen LogP contribution in [0.5, 0.6) is 0 Å². The summed E-state index contributed by atoms with van der Waals surface area (Å²) in [6.07, 6.45) is 7.88. The molecular weight excluding hydrogens is 223 g/mol. The highest BCUT2D eigenvalue weighted by atomic mass is 31.2. The van der Waals surface area contributed by atoms with E-state index in [-0.39, 0.29) is 0 Å². The van der Waals surface area contributed by atoms with Gasteiger partial charge in [0.2, 0.25) is 8.38 Å². The van der Waals surface area contributed by atoms with E-state index in [1.807, 2.05) is 19.9 Å². The molecule has 16 heavy (non-hydrogen) atoms. The standard InChI is InChI=1S/C12H21O3P/c1-4-14-16(15-5-2)10-13-12-8-6-11(3)7-9-12/h6,8-9,11H,4-5,7,10H2,1-3H3. The third-order valence-corrected chi connectivity index (χ3v) is 3.59. The predicted octanol–water partition coefficient (Wildman–Crippen LogP) is 3.83. The minimum atomic E-state index is -0.894. The molecule has 1 atom stereocenters. The van der Waals surface area contributed by atoms with E-state index >= 15 is 0 Å². The van der Waals surface area contributed by atoms with Crippen LogP contribution in [0.4, 0.5) is 0 Å². The molecule has 1 aliphatic rings. The lowest BCUT2D eigenvalue weighted by Gasteiger charge is -2.18. The number of ether oxygens (including phenoxy) is 1. The Morgan fingerprint density at radius 1 is 1.31 bits per heavy atom. The molecule has 0 aliphatic heterocycles. The van der Waals surface area contributed by atoms with E-state index in [0.717, 1.165) is 12.2 Å². The lowest BCUT2D eigenvalue weighted by Crippen LogP contribution is -2.01. The molecule has 0 N–H and O–H groups in total. The van der Waals surface area contributed by atoms with Crippen molar-refractivity contribution in [2.24, 2.45) is 5.92 Å². The highest BCUT2D eigenvalue weighted by molar-refractivity contribution is 7.47. The van der Waals surface area contributed by atoms with Gasteiger partial charge in [-0.2, -0.15) is 0 Å². The van der Waals surface area contributed by atoms with Crippen LogP contribution in [0.2, 0.25) is 0 Å². The van der Waals surface area contributed by atoms with Crippen molar-refractivity contribution < 1.29 is 13.8 Å². The van der Waals surface area contributed by atoms with Gasteiger partial charge in [0.25, 0.3) is 0 Å². The van der Waals surface area contributed by atoms with Crippen molar-refractivity contribution in [3.8, 4) is 0 Å². The summed E-state index contributed by atoms with van der Waals surface area (Å²) in [7, 11) is -0.894. The summed E-state index contributed by atoms with van der Waals surface area (Å²) in [5.41, 5.74) is 0. The average molecular weight is 244 g/mol. The SMILES string of the molecule is CCOP(COC1=CCC(C)C=C1)OCC. The van der Waals surface area contributed by atoms with Gasteiger partial charge >= 0.3 is 0 Å².